The number of nitrogens with one attached hydrogen (secondary N) is 1. The van der Waals surface area contributed by atoms with Crippen LogP contribution in [0.2, 0.25) is 0 Å². The molecule has 0 aromatic rings. The largest absolute Gasteiger partial charge is 0.462 e. The van der Waals surface area contributed by atoms with Crippen molar-refractivity contribution in [2.75, 3.05) is 6.61 Å². The van der Waals surface area contributed by atoms with Gasteiger partial charge in [0.15, 0.2) is 0 Å². The Bertz CT molecular complexity index is 1250. The van der Waals surface area contributed by atoms with Crippen molar-refractivity contribution in [3.63, 3.8) is 0 Å². The van der Waals surface area contributed by atoms with Crippen LogP contribution < -0.4 is 5.32 Å². The molecule has 0 rings (SSSR count). The molecule has 0 fully saturated rings. The summed E-state index contributed by atoms with van der Waals surface area (Å²) in [5, 5.41) is 23.8. The quantitative estimate of drug-likeness (QED) is 0.0245. The van der Waals surface area contributed by atoms with E-state index in [-0.39, 0.29) is 24.9 Å². The van der Waals surface area contributed by atoms with Crippen LogP contribution in [0.5, 0.6) is 0 Å². The summed E-state index contributed by atoms with van der Waals surface area (Å²) in [6.45, 7) is 6.31. The molecule has 0 aliphatic heterocycles. The summed E-state index contributed by atoms with van der Waals surface area (Å²) in [5.41, 5.74) is 0. The van der Waals surface area contributed by atoms with Gasteiger partial charge in [-0.3, -0.25) is 9.59 Å². The second-order valence-corrected chi connectivity index (χ2v) is 18.3. The summed E-state index contributed by atoms with van der Waals surface area (Å²) in [4.78, 5) is 26.2. The minimum absolute atomic E-state index is 0.0383. The van der Waals surface area contributed by atoms with Crippen molar-refractivity contribution in [3.05, 3.63) is 85.1 Å². The van der Waals surface area contributed by atoms with E-state index in [1.54, 1.807) is 0 Å². The zero-order valence-corrected chi connectivity index (χ0v) is 42.6. The topological polar surface area (TPSA) is 95.9 Å². The first-order valence-corrected chi connectivity index (χ1v) is 27.4. The van der Waals surface area contributed by atoms with Crippen molar-refractivity contribution >= 4 is 11.9 Å². The second-order valence-electron chi connectivity index (χ2n) is 18.3. The number of rotatable bonds is 48. The lowest BCUT2D eigenvalue weighted by molar-refractivity contribution is -0.151. The molecule has 3 unspecified atom stereocenters. The monoisotopic (exact) mass is 906 g/mol. The number of carbonyl (C=O) groups excluding carboxylic acids is 2. The second kappa shape index (κ2) is 52.0. The standard InChI is InChI=1S/C59H103NO5/c1-4-7-10-13-16-19-22-25-28-31-33-36-39-42-45-48-51-57(62)56(54-61)60-58(63)53-55(50-47-44-41-38-35-32-29-26-23-20-17-14-11-8-5-2)65-59(64)52-49-46-43-40-37-34-30-27-24-21-18-15-12-9-6-3/h9,12,15,17-18,20-21,24,26-27,29-30,35,38,55-57,61-62H,4-8,10-11,13-14,16,19,22-23,25,28,31-34,36-37,39-54H2,1-3H3,(H,60,63)/b12-9+,18-15+,20-17-,24-21+,29-26-,30-27-,38-35-. The number of aliphatic hydroxyl groups is 2. The average Bonchev–Trinajstić information content (AvgIpc) is 3.30. The van der Waals surface area contributed by atoms with Gasteiger partial charge in [-0.1, -0.05) is 241 Å². The Morgan fingerprint density at radius 1 is 0.477 bits per heavy atom. The summed E-state index contributed by atoms with van der Waals surface area (Å²) in [6, 6.07) is -0.724. The maximum absolute atomic E-state index is 13.2. The average molecular weight is 906 g/mol. The molecule has 65 heavy (non-hydrogen) atoms. The molecule has 3 atom stereocenters. The fourth-order valence-corrected chi connectivity index (χ4v) is 7.92. The first-order chi connectivity index (χ1) is 32.0. The number of amides is 1. The van der Waals surface area contributed by atoms with E-state index < -0.39 is 18.2 Å². The van der Waals surface area contributed by atoms with Crippen LogP contribution in [0.15, 0.2) is 85.1 Å². The number of carbonyl (C=O) groups is 2. The predicted octanol–water partition coefficient (Wildman–Crippen LogP) is 16.7. The Labute approximate surface area is 402 Å². The molecule has 0 aromatic heterocycles. The molecule has 0 heterocycles. The summed E-state index contributed by atoms with van der Waals surface area (Å²) in [6.07, 6.45) is 67.8. The molecule has 374 valence electrons. The van der Waals surface area contributed by atoms with Gasteiger partial charge in [-0.15, -0.1) is 0 Å². The van der Waals surface area contributed by atoms with Crippen molar-refractivity contribution < 1.29 is 24.5 Å². The predicted molar refractivity (Wildman–Crippen MR) is 282 cm³/mol. The summed E-state index contributed by atoms with van der Waals surface area (Å²) >= 11 is 0. The number of esters is 1. The highest BCUT2D eigenvalue weighted by molar-refractivity contribution is 5.77. The van der Waals surface area contributed by atoms with Crippen molar-refractivity contribution in [2.45, 2.75) is 270 Å². The van der Waals surface area contributed by atoms with Crippen molar-refractivity contribution in [1.82, 2.24) is 5.32 Å². The third-order valence-corrected chi connectivity index (χ3v) is 12.1. The molecule has 3 N–H and O–H groups in total. The maximum Gasteiger partial charge on any atom is 0.306 e. The number of hydrogen-bond acceptors (Lipinski definition) is 5. The van der Waals surface area contributed by atoms with Gasteiger partial charge in [0.05, 0.1) is 25.2 Å². The number of unbranched alkanes of at least 4 members (excludes halogenated alkanes) is 25. The molecule has 0 aliphatic rings. The molecule has 0 spiro atoms. The van der Waals surface area contributed by atoms with Gasteiger partial charge in [-0.2, -0.15) is 0 Å². The fourth-order valence-electron chi connectivity index (χ4n) is 7.92. The van der Waals surface area contributed by atoms with Crippen LogP contribution in [0.4, 0.5) is 0 Å². The van der Waals surface area contributed by atoms with Crippen LogP contribution in [0.3, 0.4) is 0 Å². The Kier molecular flexibility index (Phi) is 49.6. The van der Waals surface area contributed by atoms with Crippen molar-refractivity contribution in [2.24, 2.45) is 0 Å². The van der Waals surface area contributed by atoms with Gasteiger partial charge in [0.25, 0.3) is 0 Å². The van der Waals surface area contributed by atoms with E-state index in [2.05, 4.69) is 92.9 Å². The van der Waals surface area contributed by atoms with E-state index in [9.17, 15) is 19.8 Å². The van der Waals surface area contributed by atoms with E-state index in [1.165, 1.54) is 109 Å². The summed E-state index contributed by atoms with van der Waals surface area (Å²) < 4.78 is 5.92. The van der Waals surface area contributed by atoms with Crippen molar-refractivity contribution in [1.29, 1.82) is 0 Å². The van der Waals surface area contributed by atoms with Crippen molar-refractivity contribution in [3.8, 4) is 0 Å². The Morgan fingerprint density at radius 2 is 0.892 bits per heavy atom. The molecule has 0 bridgehead atoms. The lowest BCUT2D eigenvalue weighted by atomic mass is 10.0. The smallest absolute Gasteiger partial charge is 0.306 e. The highest BCUT2D eigenvalue weighted by Gasteiger charge is 2.24. The molecule has 0 radical (unpaired) electrons. The zero-order chi connectivity index (χ0) is 47.4. The van der Waals surface area contributed by atoms with Crippen LogP contribution in [0.1, 0.15) is 252 Å². The Balaban J connectivity index is 4.66. The molecule has 0 aromatic carbocycles. The molecule has 1 amide bonds. The van der Waals surface area contributed by atoms with Gasteiger partial charge in [0.2, 0.25) is 5.91 Å². The third kappa shape index (κ3) is 47.3. The van der Waals surface area contributed by atoms with Gasteiger partial charge in [0, 0.05) is 6.42 Å². The fraction of sp³-hybridized carbons (Fsp3) is 0.729. The molecular weight excluding hydrogens is 803 g/mol. The van der Waals surface area contributed by atoms with Crippen LogP contribution >= 0.6 is 0 Å². The molecule has 0 saturated carbocycles. The van der Waals surface area contributed by atoms with Gasteiger partial charge < -0.3 is 20.3 Å². The normalized spacial score (nSPS) is 13.9. The first kappa shape index (κ1) is 62.0. The van der Waals surface area contributed by atoms with E-state index in [1.807, 2.05) is 18.2 Å². The highest BCUT2D eigenvalue weighted by Crippen LogP contribution is 2.17. The lowest BCUT2D eigenvalue weighted by Gasteiger charge is -2.24. The summed E-state index contributed by atoms with van der Waals surface area (Å²) in [5.74, 6) is -0.540. The zero-order valence-electron chi connectivity index (χ0n) is 42.6. The highest BCUT2D eigenvalue weighted by atomic mass is 16.5. The minimum atomic E-state index is -0.807. The van der Waals surface area contributed by atoms with Crippen LogP contribution in [-0.4, -0.2) is 46.9 Å². The molecule has 0 saturated heterocycles. The third-order valence-electron chi connectivity index (χ3n) is 12.1. The number of allylic oxidation sites excluding steroid dienone is 14. The van der Waals surface area contributed by atoms with Crippen LogP contribution in [0, 0.1) is 0 Å². The number of ether oxygens (including phenoxy) is 1. The molecule has 0 aliphatic carbocycles. The van der Waals surface area contributed by atoms with E-state index in [0.717, 1.165) is 96.3 Å². The maximum atomic E-state index is 13.2. The van der Waals surface area contributed by atoms with Gasteiger partial charge in [-0.25, -0.2) is 0 Å². The van der Waals surface area contributed by atoms with Crippen LogP contribution in [0.25, 0.3) is 0 Å². The molecule has 6 nitrogen and oxygen atoms in total. The van der Waals surface area contributed by atoms with E-state index in [0.29, 0.717) is 19.3 Å². The summed E-state index contributed by atoms with van der Waals surface area (Å²) in [7, 11) is 0. The van der Waals surface area contributed by atoms with Gasteiger partial charge in [0.1, 0.15) is 6.10 Å². The van der Waals surface area contributed by atoms with Crippen LogP contribution in [-0.2, 0) is 14.3 Å². The van der Waals surface area contributed by atoms with E-state index >= 15 is 0 Å². The van der Waals surface area contributed by atoms with Gasteiger partial charge in [-0.05, 0) is 83.5 Å². The minimum Gasteiger partial charge on any atom is -0.462 e. The Morgan fingerprint density at radius 3 is 1.45 bits per heavy atom. The van der Waals surface area contributed by atoms with E-state index in [4.69, 9.17) is 4.74 Å². The molecular formula is C59H103NO5. The first-order valence-electron chi connectivity index (χ1n) is 27.4. The lowest BCUT2D eigenvalue weighted by Crippen LogP contribution is -2.46. The SMILES string of the molecule is CC/C=C/C=C/C=C/C=C\CCCCCCCC(=O)OC(CCCC/C=C\C/C=C\C/C=C\CCCCC)CC(=O)NC(CO)C(O)CCCCCCCCCCCCCCCCCC. The Hall–Kier alpha value is -2.96. The van der Waals surface area contributed by atoms with Gasteiger partial charge >= 0.3 is 5.97 Å². The number of hydrogen-bond donors (Lipinski definition) is 3. The number of aliphatic hydroxyl groups excluding tert-OH is 2. The molecule has 6 heteroatoms.